The number of hydrogen-bond donors (Lipinski definition) is 0. The maximum Gasteiger partial charge on any atom is 0.220 e. The van der Waals surface area contributed by atoms with Crippen molar-refractivity contribution in [3.8, 4) is 0 Å². The van der Waals surface area contributed by atoms with Crippen LogP contribution in [0.5, 0.6) is 0 Å². The minimum atomic E-state index is -3.30. The van der Waals surface area contributed by atoms with E-state index >= 15 is 0 Å². The van der Waals surface area contributed by atoms with E-state index < -0.39 is 14.8 Å². The van der Waals surface area contributed by atoms with Crippen molar-refractivity contribution in [3.05, 3.63) is 15.6 Å². The van der Waals surface area contributed by atoms with Crippen LogP contribution in [-0.2, 0) is 21.2 Å². The average Bonchev–Trinajstić information content (AvgIpc) is 3.19. The van der Waals surface area contributed by atoms with Gasteiger partial charge in [-0.2, -0.15) is 4.31 Å². The van der Waals surface area contributed by atoms with Crippen LogP contribution in [-0.4, -0.2) is 43.2 Å². The van der Waals surface area contributed by atoms with Gasteiger partial charge in [0.1, 0.15) is 0 Å². The molecule has 124 valence electrons. The van der Waals surface area contributed by atoms with Gasteiger partial charge in [0.25, 0.3) is 0 Å². The molecule has 0 bridgehead atoms. The number of rotatable bonds is 6. The lowest BCUT2D eigenvalue weighted by Crippen LogP contribution is -2.41. The van der Waals surface area contributed by atoms with Crippen LogP contribution < -0.4 is 0 Å². The highest BCUT2D eigenvalue weighted by Gasteiger charge is 2.56. The first-order valence-corrected chi connectivity index (χ1v) is 10.1. The van der Waals surface area contributed by atoms with Crippen LogP contribution in [0.25, 0.3) is 0 Å². The van der Waals surface area contributed by atoms with Gasteiger partial charge in [0, 0.05) is 25.6 Å². The minimum Gasteiger partial charge on any atom is -0.385 e. The maximum absolute atomic E-state index is 13.1. The number of methoxy groups -OCH3 is 1. The molecule has 0 aromatic carbocycles. The zero-order valence-electron chi connectivity index (χ0n) is 13.5. The van der Waals surface area contributed by atoms with E-state index in [4.69, 9.17) is 4.74 Å². The van der Waals surface area contributed by atoms with E-state index in [2.05, 4.69) is 4.98 Å². The number of thiazole rings is 1. The molecule has 0 saturated heterocycles. The van der Waals surface area contributed by atoms with Crippen molar-refractivity contribution in [2.45, 2.75) is 56.2 Å². The van der Waals surface area contributed by atoms with Gasteiger partial charge in [0.05, 0.1) is 21.5 Å². The van der Waals surface area contributed by atoms with Crippen LogP contribution in [0.2, 0.25) is 0 Å². The predicted molar refractivity (Wildman–Crippen MR) is 87.7 cm³/mol. The number of aryl methyl sites for hydroxylation is 2. The molecule has 1 atom stereocenters. The molecule has 1 unspecified atom stereocenters. The minimum absolute atomic E-state index is 0.0417. The predicted octanol–water partition coefficient (Wildman–Crippen LogP) is 2.66. The highest BCUT2D eigenvalue weighted by molar-refractivity contribution is 7.90. The van der Waals surface area contributed by atoms with Crippen LogP contribution in [0.3, 0.4) is 0 Å². The van der Waals surface area contributed by atoms with Crippen LogP contribution in [0, 0.1) is 6.92 Å². The zero-order valence-corrected chi connectivity index (χ0v) is 15.1. The molecular formula is C15H24N2O3S2. The van der Waals surface area contributed by atoms with Crippen LogP contribution >= 0.6 is 11.3 Å². The molecular weight excluding hydrogens is 320 g/mol. The Balaban J connectivity index is 1.86. The molecule has 0 radical (unpaired) electrons. The van der Waals surface area contributed by atoms with Crippen molar-refractivity contribution < 1.29 is 13.2 Å². The van der Waals surface area contributed by atoms with E-state index in [-0.39, 0.29) is 6.04 Å². The Kier molecular flexibility index (Phi) is 4.35. The van der Waals surface area contributed by atoms with Gasteiger partial charge in [-0.1, -0.05) is 0 Å². The number of aromatic nitrogens is 1. The van der Waals surface area contributed by atoms with E-state index in [0.717, 1.165) is 47.7 Å². The molecule has 0 aliphatic heterocycles. The molecule has 1 fully saturated rings. The molecule has 5 nitrogen and oxygen atoms in total. The second-order valence-electron chi connectivity index (χ2n) is 6.40. The molecule has 2 aliphatic rings. The molecule has 1 aromatic rings. The van der Waals surface area contributed by atoms with Crippen molar-refractivity contribution in [3.63, 3.8) is 0 Å². The summed E-state index contributed by atoms with van der Waals surface area (Å²) in [6.07, 6.45) is 4.97. The van der Waals surface area contributed by atoms with Gasteiger partial charge in [0.2, 0.25) is 10.0 Å². The highest BCUT2D eigenvalue weighted by atomic mass is 32.2. The van der Waals surface area contributed by atoms with Gasteiger partial charge in [-0.15, -0.1) is 11.3 Å². The maximum atomic E-state index is 13.1. The van der Waals surface area contributed by atoms with Crippen LogP contribution in [0.1, 0.15) is 53.7 Å². The Morgan fingerprint density at radius 3 is 2.82 bits per heavy atom. The van der Waals surface area contributed by atoms with Gasteiger partial charge >= 0.3 is 0 Å². The molecule has 0 amide bonds. The number of nitrogens with zero attached hydrogens (tertiary/aromatic N) is 2. The second kappa shape index (κ2) is 5.85. The quantitative estimate of drug-likeness (QED) is 0.796. The summed E-state index contributed by atoms with van der Waals surface area (Å²) < 4.78 is 32.3. The molecule has 22 heavy (non-hydrogen) atoms. The Bertz CT molecular complexity index is 650. The molecule has 1 aromatic heterocycles. The third-order valence-corrected chi connectivity index (χ3v) is 8.80. The fourth-order valence-corrected chi connectivity index (χ4v) is 6.74. The summed E-state index contributed by atoms with van der Waals surface area (Å²) in [6, 6.07) is -0.0417. The monoisotopic (exact) mass is 344 g/mol. The van der Waals surface area contributed by atoms with Gasteiger partial charge in [-0.25, -0.2) is 13.4 Å². The summed E-state index contributed by atoms with van der Waals surface area (Å²) in [5.74, 6) is 0. The van der Waals surface area contributed by atoms with Crippen LogP contribution in [0.4, 0.5) is 0 Å². The van der Waals surface area contributed by atoms with E-state index in [9.17, 15) is 8.42 Å². The van der Waals surface area contributed by atoms with E-state index in [1.165, 1.54) is 0 Å². The molecule has 7 heteroatoms. The third kappa shape index (κ3) is 2.62. The smallest absolute Gasteiger partial charge is 0.220 e. The molecule has 2 aliphatic carbocycles. The second-order valence-corrected chi connectivity index (χ2v) is 10.0. The van der Waals surface area contributed by atoms with Crippen molar-refractivity contribution in [1.29, 1.82) is 0 Å². The first kappa shape index (κ1) is 16.4. The van der Waals surface area contributed by atoms with Gasteiger partial charge < -0.3 is 4.74 Å². The molecule has 0 spiro atoms. The molecule has 1 saturated carbocycles. The first-order valence-electron chi connectivity index (χ1n) is 7.84. The number of fused-ring (bicyclic) bond motifs is 1. The molecule has 0 N–H and O–H groups in total. The lowest BCUT2D eigenvalue weighted by molar-refractivity contribution is 0.190. The highest BCUT2D eigenvalue weighted by Crippen LogP contribution is 2.50. The summed E-state index contributed by atoms with van der Waals surface area (Å²) in [5.41, 5.74) is 1.10. The van der Waals surface area contributed by atoms with E-state index in [1.54, 1.807) is 29.8 Å². The summed E-state index contributed by atoms with van der Waals surface area (Å²) in [6.45, 7) is 2.50. The Labute approximate surface area is 136 Å². The third-order valence-electron chi connectivity index (χ3n) is 4.96. The summed E-state index contributed by atoms with van der Waals surface area (Å²) in [4.78, 5) is 5.72. The van der Waals surface area contributed by atoms with Crippen molar-refractivity contribution in [2.75, 3.05) is 20.8 Å². The lowest BCUT2D eigenvalue weighted by Gasteiger charge is -2.33. The van der Waals surface area contributed by atoms with Gasteiger partial charge in [-0.05, 0) is 45.4 Å². The fraction of sp³-hybridized carbons (Fsp3) is 0.800. The summed E-state index contributed by atoms with van der Waals surface area (Å²) in [7, 11) is 0.0715. The first-order chi connectivity index (χ1) is 10.4. The topological polar surface area (TPSA) is 59.5 Å². The number of sulfonamides is 1. The summed E-state index contributed by atoms with van der Waals surface area (Å²) >= 11 is 1.65. The van der Waals surface area contributed by atoms with E-state index in [0.29, 0.717) is 13.0 Å². The number of ether oxygens (including phenoxy) is 1. The van der Waals surface area contributed by atoms with Crippen molar-refractivity contribution >= 4 is 21.4 Å². The van der Waals surface area contributed by atoms with Gasteiger partial charge in [0.15, 0.2) is 0 Å². The molecule has 1 heterocycles. The average molecular weight is 345 g/mol. The number of hydrogen-bond acceptors (Lipinski definition) is 5. The fourth-order valence-electron chi connectivity index (χ4n) is 3.40. The molecule has 3 rings (SSSR count). The normalized spacial score (nSPS) is 23.5. The lowest BCUT2D eigenvalue weighted by atomic mass is 9.98. The Hall–Kier alpha value is -0.500. The van der Waals surface area contributed by atoms with Gasteiger partial charge in [-0.3, -0.25) is 0 Å². The zero-order chi connectivity index (χ0) is 16.0. The van der Waals surface area contributed by atoms with Crippen molar-refractivity contribution in [1.82, 2.24) is 9.29 Å². The van der Waals surface area contributed by atoms with Crippen LogP contribution in [0.15, 0.2) is 0 Å². The van der Waals surface area contributed by atoms with E-state index in [1.807, 2.05) is 6.92 Å². The summed E-state index contributed by atoms with van der Waals surface area (Å²) in [5, 5.41) is 1.03. The SMILES string of the molecule is COCCC1(S(=O)(=O)N(C)C2CCCc3nc(C)sc32)CC1. The Morgan fingerprint density at radius 2 is 2.18 bits per heavy atom. The van der Waals surface area contributed by atoms with Crippen molar-refractivity contribution in [2.24, 2.45) is 0 Å². The largest absolute Gasteiger partial charge is 0.385 e. The Morgan fingerprint density at radius 1 is 1.45 bits per heavy atom. The standard InChI is InChI=1S/C15H24N2O3S2/c1-11-16-12-5-4-6-13(14(12)21-11)17(2)22(18,19)15(7-8-15)9-10-20-3/h13H,4-10H2,1-3H3.